The Morgan fingerprint density at radius 3 is 2.78 bits per heavy atom. The van der Waals surface area contributed by atoms with E-state index in [1.54, 1.807) is 22.7 Å². The lowest BCUT2D eigenvalue weighted by molar-refractivity contribution is 0.0742. The van der Waals surface area contributed by atoms with Crippen molar-refractivity contribution < 1.29 is 4.79 Å². The van der Waals surface area contributed by atoms with Crippen molar-refractivity contribution in [3.63, 3.8) is 0 Å². The van der Waals surface area contributed by atoms with E-state index in [0.717, 1.165) is 17.7 Å². The molecule has 2 N–H and O–H groups in total. The molecule has 0 saturated heterocycles. The summed E-state index contributed by atoms with van der Waals surface area (Å²) in [5.74, 6) is 1.06. The lowest BCUT2D eigenvalue weighted by Gasteiger charge is -2.25. The van der Waals surface area contributed by atoms with Gasteiger partial charge in [-0.3, -0.25) is 4.79 Å². The SMILES string of the molecule is CSCCC(C)N(C)C(=O)c1cc(C)ccc1N. The third-order valence-corrected chi connectivity index (χ3v) is 3.80. The molecule has 0 spiro atoms. The number of amides is 1. The Labute approximate surface area is 114 Å². The van der Waals surface area contributed by atoms with Gasteiger partial charge < -0.3 is 10.6 Å². The summed E-state index contributed by atoms with van der Waals surface area (Å²) in [6, 6.07) is 5.80. The Hall–Kier alpha value is -1.16. The fraction of sp³-hybridized carbons (Fsp3) is 0.500. The Balaban J connectivity index is 2.82. The lowest BCUT2D eigenvalue weighted by Crippen LogP contribution is -2.35. The molecule has 1 unspecified atom stereocenters. The van der Waals surface area contributed by atoms with Gasteiger partial charge in [-0.2, -0.15) is 11.8 Å². The quantitative estimate of drug-likeness (QED) is 0.834. The molecule has 1 aromatic carbocycles. The van der Waals surface area contributed by atoms with Crippen LogP contribution in [0.2, 0.25) is 0 Å². The zero-order valence-electron chi connectivity index (χ0n) is 11.6. The molecular formula is C14H22N2OS. The number of nitrogens with two attached hydrogens (primary N) is 1. The summed E-state index contributed by atoms with van der Waals surface area (Å²) in [7, 11) is 1.84. The highest BCUT2D eigenvalue weighted by atomic mass is 32.2. The van der Waals surface area contributed by atoms with E-state index in [0.29, 0.717) is 11.3 Å². The molecule has 0 aliphatic carbocycles. The van der Waals surface area contributed by atoms with Crippen LogP contribution in [0.4, 0.5) is 5.69 Å². The van der Waals surface area contributed by atoms with E-state index in [9.17, 15) is 4.79 Å². The van der Waals surface area contributed by atoms with Crippen LogP contribution in [0.3, 0.4) is 0 Å². The summed E-state index contributed by atoms with van der Waals surface area (Å²) in [5.41, 5.74) is 8.09. The van der Waals surface area contributed by atoms with Crippen LogP contribution < -0.4 is 5.73 Å². The summed E-state index contributed by atoms with van der Waals surface area (Å²) in [6.07, 6.45) is 3.07. The van der Waals surface area contributed by atoms with Gasteiger partial charge in [-0.25, -0.2) is 0 Å². The van der Waals surface area contributed by atoms with Crippen LogP contribution in [0.25, 0.3) is 0 Å². The molecule has 1 atom stereocenters. The van der Waals surface area contributed by atoms with Crippen LogP contribution in [0, 0.1) is 6.92 Å². The average molecular weight is 266 g/mol. The zero-order chi connectivity index (χ0) is 13.7. The summed E-state index contributed by atoms with van der Waals surface area (Å²) in [4.78, 5) is 14.1. The maximum absolute atomic E-state index is 12.4. The number of carbonyl (C=O) groups excluding carboxylic acids is 1. The number of hydrogen-bond donors (Lipinski definition) is 1. The van der Waals surface area contributed by atoms with Crippen molar-refractivity contribution in [2.24, 2.45) is 0 Å². The topological polar surface area (TPSA) is 46.3 Å². The minimum absolute atomic E-state index is 0.00445. The smallest absolute Gasteiger partial charge is 0.255 e. The molecule has 0 heterocycles. The first-order valence-corrected chi connectivity index (χ1v) is 7.49. The number of aryl methyl sites for hydroxylation is 1. The van der Waals surface area contributed by atoms with Gasteiger partial charge >= 0.3 is 0 Å². The van der Waals surface area contributed by atoms with Crippen LogP contribution in [-0.2, 0) is 0 Å². The number of nitrogens with zero attached hydrogens (tertiary/aromatic N) is 1. The third-order valence-electron chi connectivity index (χ3n) is 3.16. The normalized spacial score (nSPS) is 12.2. The number of anilines is 1. The molecule has 1 rings (SSSR count). The van der Waals surface area contributed by atoms with E-state index in [2.05, 4.69) is 13.2 Å². The summed E-state index contributed by atoms with van der Waals surface area (Å²) >= 11 is 1.80. The Kier molecular flexibility index (Phi) is 5.54. The van der Waals surface area contributed by atoms with E-state index in [-0.39, 0.29) is 11.9 Å². The molecule has 4 heteroatoms. The summed E-state index contributed by atoms with van der Waals surface area (Å²) in [6.45, 7) is 4.04. The average Bonchev–Trinajstić information content (AvgIpc) is 2.37. The number of rotatable bonds is 5. The molecule has 18 heavy (non-hydrogen) atoms. The van der Waals surface area contributed by atoms with Crippen molar-refractivity contribution in [2.75, 3.05) is 24.8 Å². The largest absolute Gasteiger partial charge is 0.398 e. The van der Waals surface area contributed by atoms with Gasteiger partial charge in [-0.05, 0) is 44.4 Å². The first-order chi connectivity index (χ1) is 8.47. The van der Waals surface area contributed by atoms with Gasteiger partial charge in [0.1, 0.15) is 0 Å². The van der Waals surface area contributed by atoms with Crippen LogP contribution in [-0.4, -0.2) is 35.9 Å². The fourth-order valence-corrected chi connectivity index (χ4v) is 2.30. The van der Waals surface area contributed by atoms with Gasteiger partial charge in [0.2, 0.25) is 0 Å². The maximum atomic E-state index is 12.4. The van der Waals surface area contributed by atoms with E-state index in [4.69, 9.17) is 5.73 Å². The van der Waals surface area contributed by atoms with Crippen molar-refractivity contribution >= 4 is 23.4 Å². The molecule has 0 fully saturated rings. The highest BCUT2D eigenvalue weighted by Gasteiger charge is 2.19. The standard InChI is InChI=1S/C14H22N2OS/c1-10-5-6-13(15)12(9-10)14(17)16(3)11(2)7-8-18-4/h5-6,9,11H,7-8,15H2,1-4H3. The van der Waals surface area contributed by atoms with Gasteiger partial charge in [0.05, 0.1) is 5.56 Å². The molecular weight excluding hydrogens is 244 g/mol. The highest BCUT2D eigenvalue weighted by molar-refractivity contribution is 7.98. The van der Waals surface area contributed by atoms with Crippen LogP contribution in [0.15, 0.2) is 18.2 Å². The van der Waals surface area contributed by atoms with Crippen LogP contribution in [0.5, 0.6) is 0 Å². The van der Waals surface area contributed by atoms with Crippen molar-refractivity contribution in [1.82, 2.24) is 4.90 Å². The molecule has 1 aromatic rings. The Morgan fingerprint density at radius 2 is 2.17 bits per heavy atom. The van der Waals surface area contributed by atoms with E-state index in [1.165, 1.54) is 0 Å². The molecule has 0 bridgehead atoms. The molecule has 100 valence electrons. The van der Waals surface area contributed by atoms with Gasteiger partial charge in [0, 0.05) is 18.8 Å². The first-order valence-electron chi connectivity index (χ1n) is 6.09. The number of hydrogen-bond acceptors (Lipinski definition) is 3. The second-order valence-corrected chi connectivity index (χ2v) is 5.62. The molecule has 0 aliphatic heterocycles. The molecule has 3 nitrogen and oxygen atoms in total. The maximum Gasteiger partial charge on any atom is 0.255 e. The molecule has 0 radical (unpaired) electrons. The van der Waals surface area contributed by atoms with E-state index in [1.807, 2.05) is 26.1 Å². The number of benzene rings is 1. The minimum Gasteiger partial charge on any atom is -0.398 e. The second kappa shape index (κ2) is 6.69. The van der Waals surface area contributed by atoms with Gasteiger partial charge in [-0.15, -0.1) is 0 Å². The second-order valence-electron chi connectivity index (χ2n) is 4.64. The fourth-order valence-electron chi connectivity index (χ4n) is 1.73. The Morgan fingerprint density at radius 1 is 1.50 bits per heavy atom. The van der Waals surface area contributed by atoms with Crippen molar-refractivity contribution in [3.05, 3.63) is 29.3 Å². The predicted octanol–water partition coefficient (Wildman–Crippen LogP) is 2.79. The third kappa shape index (κ3) is 3.67. The van der Waals surface area contributed by atoms with Gasteiger partial charge in [0.15, 0.2) is 0 Å². The van der Waals surface area contributed by atoms with Crippen LogP contribution in [0.1, 0.15) is 29.3 Å². The van der Waals surface area contributed by atoms with Crippen molar-refractivity contribution in [3.8, 4) is 0 Å². The molecule has 0 saturated carbocycles. The number of nitrogen functional groups attached to an aromatic ring is 1. The van der Waals surface area contributed by atoms with E-state index < -0.39 is 0 Å². The van der Waals surface area contributed by atoms with Crippen molar-refractivity contribution in [1.29, 1.82) is 0 Å². The lowest BCUT2D eigenvalue weighted by atomic mass is 10.1. The number of thioether (sulfide) groups is 1. The van der Waals surface area contributed by atoms with E-state index >= 15 is 0 Å². The summed E-state index contributed by atoms with van der Waals surface area (Å²) in [5, 5.41) is 0. The first kappa shape index (κ1) is 14.9. The Bertz CT molecular complexity index is 420. The molecule has 0 aromatic heterocycles. The predicted molar refractivity (Wildman–Crippen MR) is 80.1 cm³/mol. The zero-order valence-corrected chi connectivity index (χ0v) is 12.4. The summed E-state index contributed by atoms with van der Waals surface area (Å²) < 4.78 is 0. The minimum atomic E-state index is 0.00445. The van der Waals surface area contributed by atoms with Gasteiger partial charge in [-0.1, -0.05) is 11.6 Å². The molecule has 0 aliphatic rings. The molecule has 1 amide bonds. The van der Waals surface area contributed by atoms with Crippen LogP contribution >= 0.6 is 11.8 Å². The monoisotopic (exact) mass is 266 g/mol. The van der Waals surface area contributed by atoms with Crippen molar-refractivity contribution in [2.45, 2.75) is 26.3 Å². The van der Waals surface area contributed by atoms with Gasteiger partial charge in [0.25, 0.3) is 5.91 Å². The highest BCUT2D eigenvalue weighted by Crippen LogP contribution is 2.17. The number of carbonyl (C=O) groups is 1.